The van der Waals surface area contributed by atoms with Crippen molar-refractivity contribution in [1.29, 1.82) is 0 Å². The van der Waals surface area contributed by atoms with E-state index in [2.05, 4.69) is 9.97 Å². The fraction of sp³-hybridized carbons (Fsp3) is 0. The highest BCUT2D eigenvalue weighted by Crippen LogP contribution is 2.48. The zero-order valence-electron chi connectivity index (χ0n) is 20.1. The number of aromatic nitrogens is 4. The highest BCUT2D eigenvalue weighted by molar-refractivity contribution is 6.05. The lowest BCUT2D eigenvalue weighted by Gasteiger charge is -2.22. The largest absolute Gasteiger partial charge is 0.256 e. The van der Waals surface area contributed by atoms with Gasteiger partial charge in [0.05, 0.1) is 22.8 Å². The van der Waals surface area contributed by atoms with Crippen LogP contribution in [-0.2, 0) is 0 Å². The molecular weight excluding hydrogens is 478 g/mol. The van der Waals surface area contributed by atoms with Crippen molar-refractivity contribution in [2.45, 2.75) is 0 Å². The van der Waals surface area contributed by atoms with E-state index in [4.69, 9.17) is 9.97 Å². The number of pyridine rings is 4. The Hall–Kier alpha value is -5.10. The fourth-order valence-electron chi connectivity index (χ4n) is 4.66. The second-order valence-corrected chi connectivity index (χ2v) is 8.61. The Labute approximate surface area is 218 Å². The van der Waals surface area contributed by atoms with Crippen molar-refractivity contribution in [3.8, 4) is 56.2 Å². The normalized spacial score (nSPS) is 10.9. The van der Waals surface area contributed by atoms with Crippen LogP contribution in [0.4, 0.5) is 8.78 Å². The van der Waals surface area contributed by atoms with Gasteiger partial charge in [0.2, 0.25) is 0 Å². The lowest BCUT2D eigenvalue weighted by molar-refractivity contribution is 0.584. The summed E-state index contributed by atoms with van der Waals surface area (Å²) in [6.07, 6.45) is 6.86. The van der Waals surface area contributed by atoms with E-state index >= 15 is 0 Å². The van der Waals surface area contributed by atoms with E-state index in [9.17, 15) is 8.78 Å². The van der Waals surface area contributed by atoms with Gasteiger partial charge in [0, 0.05) is 53.1 Å². The van der Waals surface area contributed by atoms with Crippen molar-refractivity contribution >= 4 is 0 Å². The topological polar surface area (TPSA) is 51.6 Å². The standard InChI is InChI=1S/C32H20F2N4/c33-22-17-21(18-23(34)19-22)24-20-25(26-9-1-5-13-35-26)31(28-11-3-7-15-37-28)32(29-12-4-8-16-38-29)30(24)27-10-2-6-14-36-27/h1-20H. The van der Waals surface area contributed by atoms with Crippen molar-refractivity contribution in [2.24, 2.45) is 0 Å². The van der Waals surface area contributed by atoms with Gasteiger partial charge in [-0.15, -0.1) is 0 Å². The number of hydrogen-bond donors (Lipinski definition) is 0. The SMILES string of the molecule is Fc1cc(F)cc(-c2cc(-c3ccccn3)c(-c3ccccn3)c(-c3ccccn3)c2-c2ccccn2)c1. The van der Waals surface area contributed by atoms with Crippen molar-refractivity contribution in [1.82, 2.24) is 19.9 Å². The van der Waals surface area contributed by atoms with E-state index in [0.29, 0.717) is 39.5 Å². The molecule has 0 fully saturated rings. The maximum absolute atomic E-state index is 14.5. The van der Waals surface area contributed by atoms with E-state index in [1.54, 1.807) is 24.8 Å². The van der Waals surface area contributed by atoms with E-state index in [1.165, 1.54) is 12.1 Å². The van der Waals surface area contributed by atoms with Crippen LogP contribution in [-0.4, -0.2) is 19.9 Å². The molecule has 0 saturated heterocycles. The molecule has 2 aromatic carbocycles. The molecule has 0 aliphatic carbocycles. The monoisotopic (exact) mass is 498 g/mol. The van der Waals surface area contributed by atoms with Crippen LogP contribution in [0.15, 0.2) is 122 Å². The third-order valence-corrected chi connectivity index (χ3v) is 6.20. The molecule has 0 aliphatic heterocycles. The molecule has 6 heteroatoms. The molecule has 0 amide bonds. The van der Waals surface area contributed by atoms with Crippen LogP contribution in [0.25, 0.3) is 56.2 Å². The van der Waals surface area contributed by atoms with Gasteiger partial charge >= 0.3 is 0 Å². The summed E-state index contributed by atoms with van der Waals surface area (Å²) in [6, 6.07) is 28.0. The minimum Gasteiger partial charge on any atom is -0.256 e. The van der Waals surface area contributed by atoms with Crippen molar-refractivity contribution in [3.63, 3.8) is 0 Å². The van der Waals surface area contributed by atoms with Crippen molar-refractivity contribution in [2.75, 3.05) is 0 Å². The number of benzene rings is 2. The third kappa shape index (κ3) is 4.44. The van der Waals surface area contributed by atoms with Gasteiger partial charge in [-0.2, -0.15) is 0 Å². The Morgan fingerprint density at radius 3 is 1.26 bits per heavy atom. The van der Waals surface area contributed by atoms with Crippen LogP contribution in [0, 0.1) is 11.6 Å². The van der Waals surface area contributed by atoms with E-state index in [1.807, 2.05) is 78.9 Å². The first-order valence-electron chi connectivity index (χ1n) is 12.0. The zero-order chi connectivity index (χ0) is 25.9. The van der Waals surface area contributed by atoms with Gasteiger partial charge in [-0.05, 0) is 77.9 Å². The Kier molecular flexibility index (Phi) is 6.20. The predicted molar refractivity (Wildman–Crippen MR) is 145 cm³/mol. The van der Waals surface area contributed by atoms with Crippen molar-refractivity contribution < 1.29 is 8.78 Å². The van der Waals surface area contributed by atoms with Crippen molar-refractivity contribution in [3.05, 3.63) is 133 Å². The molecule has 0 bridgehead atoms. The first kappa shape index (κ1) is 23.3. The molecule has 4 heterocycles. The second kappa shape index (κ2) is 10.1. The summed E-state index contributed by atoms with van der Waals surface area (Å²) < 4.78 is 29.1. The number of hydrogen-bond acceptors (Lipinski definition) is 4. The molecule has 182 valence electrons. The average Bonchev–Trinajstić information content (AvgIpc) is 2.97. The van der Waals surface area contributed by atoms with Crippen LogP contribution in [0.2, 0.25) is 0 Å². The smallest absolute Gasteiger partial charge is 0.126 e. The summed E-state index contributed by atoms with van der Waals surface area (Å²) in [6.45, 7) is 0. The highest BCUT2D eigenvalue weighted by Gasteiger charge is 2.26. The highest BCUT2D eigenvalue weighted by atomic mass is 19.1. The lowest BCUT2D eigenvalue weighted by Crippen LogP contribution is -2.01. The molecule has 38 heavy (non-hydrogen) atoms. The van der Waals surface area contributed by atoms with Crippen LogP contribution in [0.1, 0.15) is 0 Å². The molecule has 0 unspecified atom stereocenters. The molecule has 0 N–H and O–H groups in total. The van der Waals surface area contributed by atoms with Gasteiger partial charge < -0.3 is 0 Å². The summed E-state index contributed by atoms with van der Waals surface area (Å²) in [7, 11) is 0. The Bertz CT molecular complexity index is 1690. The van der Waals surface area contributed by atoms with E-state index in [0.717, 1.165) is 22.8 Å². The Morgan fingerprint density at radius 2 is 0.816 bits per heavy atom. The molecule has 0 aliphatic rings. The molecule has 4 nitrogen and oxygen atoms in total. The minimum atomic E-state index is -0.667. The Balaban J connectivity index is 1.85. The van der Waals surface area contributed by atoms with Crippen LogP contribution in [0.5, 0.6) is 0 Å². The molecule has 0 spiro atoms. The number of halogens is 2. The molecule has 0 atom stereocenters. The van der Waals surface area contributed by atoms with Gasteiger partial charge in [-0.3, -0.25) is 19.9 Å². The van der Waals surface area contributed by atoms with Gasteiger partial charge in [-0.1, -0.05) is 24.3 Å². The first-order chi connectivity index (χ1) is 18.7. The lowest BCUT2D eigenvalue weighted by atomic mass is 9.83. The van der Waals surface area contributed by atoms with Gasteiger partial charge in [-0.25, -0.2) is 8.78 Å². The summed E-state index contributed by atoms with van der Waals surface area (Å²) in [5, 5.41) is 0. The summed E-state index contributed by atoms with van der Waals surface area (Å²) >= 11 is 0. The second-order valence-electron chi connectivity index (χ2n) is 8.61. The number of rotatable bonds is 5. The third-order valence-electron chi connectivity index (χ3n) is 6.20. The maximum atomic E-state index is 14.5. The van der Waals surface area contributed by atoms with Gasteiger partial charge in [0.15, 0.2) is 0 Å². The molecular formula is C32H20F2N4. The van der Waals surface area contributed by atoms with Crippen LogP contribution >= 0.6 is 0 Å². The summed E-state index contributed by atoms with van der Waals surface area (Å²) in [5.74, 6) is -1.33. The average molecular weight is 499 g/mol. The van der Waals surface area contributed by atoms with Gasteiger partial charge in [0.25, 0.3) is 0 Å². The molecule has 0 saturated carbocycles. The predicted octanol–water partition coefficient (Wildman–Crippen LogP) is 7.88. The molecule has 4 aromatic heterocycles. The fourth-order valence-corrected chi connectivity index (χ4v) is 4.66. The van der Waals surface area contributed by atoms with E-state index < -0.39 is 11.6 Å². The molecule has 6 rings (SSSR count). The molecule has 6 aromatic rings. The molecule has 0 radical (unpaired) electrons. The van der Waals surface area contributed by atoms with Gasteiger partial charge in [0.1, 0.15) is 11.6 Å². The number of nitrogens with zero attached hydrogens (tertiary/aromatic N) is 4. The summed E-state index contributed by atoms with van der Waals surface area (Å²) in [5.41, 5.74) is 6.67. The van der Waals surface area contributed by atoms with Crippen LogP contribution < -0.4 is 0 Å². The quantitative estimate of drug-likeness (QED) is 0.243. The minimum absolute atomic E-state index is 0.380. The first-order valence-corrected chi connectivity index (χ1v) is 12.0. The van der Waals surface area contributed by atoms with Crippen LogP contribution in [0.3, 0.4) is 0 Å². The summed E-state index contributed by atoms with van der Waals surface area (Å²) in [4.78, 5) is 18.7. The Morgan fingerprint density at radius 1 is 0.395 bits per heavy atom. The van der Waals surface area contributed by atoms with E-state index in [-0.39, 0.29) is 0 Å². The zero-order valence-corrected chi connectivity index (χ0v) is 20.1. The maximum Gasteiger partial charge on any atom is 0.126 e.